The van der Waals surface area contributed by atoms with E-state index in [9.17, 15) is 0 Å². The van der Waals surface area contributed by atoms with E-state index < -0.39 is 0 Å². The lowest BCUT2D eigenvalue weighted by atomic mass is 10.1. The Balaban J connectivity index is 1.78. The monoisotopic (exact) mass is 184 g/mol. The molecule has 0 aromatic heterocycles. The summed E-state index contributed by atoms with van der Waals surface area (Å²) >= 11 is 0. The number of aliphatic hydroxyl groups is 1. The van der Waals surface area contributed by atoms with Crippen LogP contribution in [0.4, 0.5) is 0 Å². The van der Waals surface area contributed by atoms with E-state index >= 15 is 0 Å². The summed E-state index contributed by atoms with van der Waals surface area (Å²) in [6.07, 6.45) is 1.34. The first kappa shape index (κ1) is 9.44. The number of nitrogens with one attached hydrogen (secondary N) is 1. The first-order valence-corrected chi connectivity index (χ1v) is 5.36. The number of hydrogen-bond donors (Lipinski definition) is 2. The minimum Gasteiger partial charge on any atom is -0.396 e. The van der Waals surface area contributed by atoms with Gasteiger partial charge in [0.1, 0.15) is 0 Å². The number of fused-ring (bicyclic) bond motifs is 1. The van der Waals surface area contributed by atoms with E-state index in [0.29, 0.717) is 12.5 Å². The van der Waals surface area contributed by atoms with Gasteiger partial charge in [-0.1, -0.05) is 6.92 Å². The van der Waals surface area contributed by atoms with Crippen LogP contribution < -0.4 is 5.32 Å². The molecule has 2 aliphatic heterocycles. The lowest BCUT2D eigenvalue weighted by Crippen LogP contribution is -2.33. The number of likely N-dealkylation sites (tertiary alicyclic amines) is 1. The summed E-state index contributed by atoms with van der Waals surface area (Å²) in [5.74, 6) is 1.31. The van der Waals surface area contributed by atoms with Crippen molar-refractivity contribution in [3.05, 3.63) is 0 Å². The summed E-state index contributed by atoms with van der Waals surface area (Å²) < 4.78 is 0. The first-order valence-electron chi connectivity index (χ1n) is 5.36. The van der Waals surface area contributed by atoms with Crippen molar-refractivity contribution in [2.45, 2.75) is 19.4 Å². The molecule has 2 heterocycles. The Hall–Kier alpha value is -0.120. The van der Waals surface area contributed by atoms with Gasteiger partial charge in [-0.2, -0.15) is 0 Å². The zero-order valence-corrected chi connectivity index (χ0v) is 8.37. The molecule has 0 aromatic rings. The van der Waals surface area contributed by atoms with Gasteiger partial charge in [-0.15, -0.1) is 0 Å². The van der Waals surface area contributed by atoms with Crippen molar-refractivity contribution in [2.75, 3.05) is 32.8 Å². The van der Waals surface area contributed by atoms with Crippen molar-refractivity contribution in [3.63, 3.8) is 0 Å². The summed E-state index contributed by atoms with van der Waals surface area (Å²) in [4.78, 5) is 2.49. The van der Waals surface area contributed by atoms with Crippen LogP contribution in [0.25, 0.3) is 0 Å². The Morgan fingerprint density at radius 1 is 1.54 bits per heavy atom. The number of hydrogen-bond acceptors (Lipinski definition) is 3. The van der Waals surface area contributed by atoms with Gasteiger partial charge in [0, 0.05) is 32.3 Å². The molecule has 2 saturated heterocycles. The number of rotatable bonds is 3. The molecule has 1 unspecified atom stereocenters. The van der Waals surface area contributed by atoms with Gasteiger partial charge in [-0.05, 0) is 24.8 Å². The second-order valence-corrected chi connectivity index (χ2v) is 4.62. The molecule has 0 radical (unpaired) electrons. The highest BCUT2D eigenvalue weighted by Gasteiger charge is 2.35. The van der Waals surface area contributed by atoms with Crippen molar-refractivity contribution < 1.29 is 5.11 Å². The predicted molar refractivity (Wildman–Crippen MR) is 52.6 cm³/mol. The summed E-state index contributed by atoms with van der Waals surface area (Å²) in [5.41, 5.74) is 0. The van der Waals surface area contributed by atoms with Crippen molar-refractivity contribution >= 4 is 0 Å². The fraction of sp³-hybridized carbons (Fsp3) is 1.00. The maximum atomic E-state index is 8.96. The summed E-state index contributed by atoms with van der Waals surface area (Å²) in [5, 5.41) is 12.5. The molecule has 2 rings (SSSR count). The Bertz CT molecular complexity index is 160. The molecule has 76 valence electrons. The van der Waals surface area contributed by atoms with E-state index in [0.717, 1.165) is 18.5 Å². The third-order valence-electron chi connectivity index (χ3n) is 3.32. The highest BCUT2D eigenvalue weighted by Crippen LogP contribution is 2.24. The van der Waals surface area contributed by atoms with Crippen molar-refractivity contribution in [1.82, 2.24) is 10.2 Å². The SMILES string of the molecule is CC(CO)CN1C[C@@H]2CCN[C@@H]2C1. The van der Waals surface area contributed by atoms with E-state index in [2.05, 4.69) is 17.1 Å². The lowest BCUT2D eigenvalue weighted by molar-refractivity contribution is 0.186. The molecule has 3 heteroatoms. The molecule has 2 aliphatic rings. The van der Waals surface area contributed by atoms with Crippen LogP contribution in [0.15, 0.2) is 0 Å². The van der Waals surface area contributed by atoms with E-state index in [4.69, 9.17) is 5.11 Å². The zero-order valence-electron chi connectivity index (χ0n) is 8.37. The van der Waals surface area contributed by atoms with E-state index in [1.165, 1.54) is 26.1 Å². The fourth-order valence-corrected chi connectivity index (χ4v) is 2.59. The largest absolute Gasteiger partial charge is 0.396 e. The van der Waals surface area contributed by atoms with Gasteiger partial charge < -0.3 is 15.3 Å². The molecule has 0 amide bonds. The Kier molecular flexibility index (Phi) is 2.86. The molecule has 0 bridgehead atoms. The smallest absolute Gasteiger partial charge is 0.0468 e. The van der Waals surface area contributed by atoms with Gasteiger partial charge in [-0.25, -0.2) is 0 Å². The molecule has 0 spiro atoms. The van der Waals surface area contributed by atoms with E-state index in [1.54, 1.807) is 0 Å². The Morgan fingerprint density at radius 3 is 3.08 bits per heavy atom. The Labute approximate surface area is 80.1 Å². The molecule has 0 aliphatic carbocycles. The van der Waals surface area contributed by atoms with Crippen LogP contribution in [0.3, 0.4) is 0 Å². The quantitative estimate of drug-likeness (QED) is 0.643. The standard InChI is InChI=1S/C10H20N2O/c1-8(7-13)4-12-5-9-2-3-11-10(9)6-12/h8-11,13H,2-7H2,1H3/t8?,9-,10+/m0/s1. The Morgan fingerprint density at radius 2 is 2.38 bits per heavy atom. The second kappa shape index (κ2) is 3.95. The van der Waals surface area contributed by atoms with Crippen LogP contribution in [-0.2, 0) is 0 Å². The predicted octanol–water partition coefficient (Wildman–Crippen LogP) is -0.0915. The topological polar surface area (TPSA) is 35.5 Å². The van der Waals surface area contributed by atoms with Crippen molar-refractivity contribution in [2.24, 2.45) is 11.8 Å². The average molecular weight is 184 g/mol. The summed E-state index contributed by atoms with van der Waals surface area (Å²) in [6, 6.07) is 0.742. The van der Waals surface area contributed by atoms with Gasteiger partial charge in [0.2, 0.25) is 0 Å². The molecule has 13 heavy (non-hydrogen) atoms. The van der Waals surface area contributed by atoms with Gasteiger partial charge in [0.05, 0.1) is 0 Å². The zero-order chi connectivity index (χ0) is 9.26. The highest BCUT2D eigenvalue weighted by atomic mass is 16.3. The highest BCUT2D eigenvalue weighted by molar-refractivity contribution is 4.93. The molecule has 2 fully saturated rings. The summed E-state index contributed by atoms with van der Waals surface area (Å²) in [6.45, 7) is 7.13. The second-order valence-electron chi connectivity index (χ2n) is 4.62. The van der Waals surface area contributed by atoms with E-state index in [-0.39, 0.29) is 0 Å². The maximum Gasteiger partial charge on any atom is 0.0468 e. The van der Waals surface area contributed by atoms with Crippen LogP contribution in [0.2, 0.25) is 0 Å². The van der Waals surface area contributed by atoms with Gasteiger partial charge in [0.25, 0.3) is 0 Å². The van der Waals surface area contributed by atoms with Crippen LogP contribution in [-0.4, -0.2) is 48.8 Å². The molecule has 3 atom stereocenters. The minimum absolute atomic E-state index is 0.319. The third-order valence-corrected chi connectivity index (χ3v) is 3.32. The molecule has 3 nitrogen and oxygen atoms in total. The molecular weight excluding hydrogens is 164 g/mol. The number of nitrogens with zero attached hydrogens (tertiary/aromatic N) is 1. The van der Waals surface area contributed by atoms with Gasteiger partial charge in [0.15, 0.2) is 0 Å². The third kappa shape index (κ3) is 2.03. The van der Waals surface area contributed by atoms with Crippen LogP contribution in [0, 0.1) is 11.8 Å². The first-order chi connectivity index (χ1) is 6.29. The van der Waals surface area contributed by atoms with Crippen LogP contribution in [0.5, 0.6) is 0 Å². The molecule has 0 aromatic carbocycles. The van der Waals surface area contributed by atoms with E-state index in [1.807, 2.05) is 0 Å². The fourth-order valence-electron chi connectivity index (χ4n) is 2.59. The molecule has 2 N–H and O–H groups in total. The molecule has 0 saturated carbocycles. The van der Waals surface area contributed by atoms with Gasteiger partial charge >= 0.3 is 0 Å². The maximum absolute atomic E-state index is 8.96. The normalized spacial score (nSPS) is 36.5. The lowest BCUT2D eigenvalue weighted by Gasteiger charge is -2.19. The van der Waals surface area contributed by atoms with Crippen LogP contribution >= 0.6 is 0 Å². The minimum atomic E-state index is 0.319. The number of aliphatic hydroxyl groups excluding tert-OH is 1. The van der Waals surface area contributed by atoms with Crippen molar-refractivity contribution in [1.29, 1.82) is 0 Å². The van der Waals surface area contributed by atoms with Crippen LogP contribution in [0.1, 0.15) is 13.3 Å². The molecular formula is C10H20N2O. The average Bonchev–Trinajstić information content (AvgIpc) is 2.63. The summed E-state index contributed by atoms with van der Waals surface area (Å²) in [7, 11) is 0. The van der Waals surface area contributed by atoms with Gasteiger partial charge in [-0.3, -0.25) is 0 Å². The van der Waals surface area contributed by atoms with Crippen molar-refractivity contribution in [3.8, 4) is 0 Å².